The van der Waals surface area contributed by atoms with Gasteiger partial charge in [-0.2, -0.15) is 0 Å². The molecule has 1 aliphatic carbocycles. The smallest absolute Gasteiger partial charge is 0.338 e. The van der Waals surface area contributed by atoms with Gasteiger partial charge >= 0.3 is 5.97 Å². The van der Waals surface area contributed by atoms with Gasteiger partial charge in [-0.25, -0.2) is 4.79 Å². The summed E-state index contributed by atoms with van der Waals surface area (Å²) in [4.78, 5) is 12.1. The molecule has 0 aliphatic heterocycles. The maximum Gasteiger partial charge on any atom is 0.338 e. The summed E-state index contributed by atoms with van der Waals surface area (Å²) in [5.41, 5.74) is 2.00. The SMILES string of the molecule is CCCCCc1ccc(C(=O)OC2CCCCC2)cc1. The van der Waals surface area contributed by atoms with Gasteiger partial charge in [-0.1, -0.05) is 38.3 Å². The Bertz CT molecular complexity index is 402. The predicted octanol–water partition coefficient (Wildman–Crippen LogP) is 4.91. The Morgan fingerprint density at radius 1 is 1.10 bits per heavy atom. The minimum atomic E-state index is -0.156. The fraction of sp³-hybridized carbons (Fsp3) is 0.611. The number of hydrogen-bond donors (Lipinski definition) is 0. The van der Waals surface area contributed by atoms with Crippen molar-refractivity contribution in [2.45, 2.75) is 70.8 Å². The van der Waals surface area contributed by atoms with Crippen LogP contribution in [0.15, 0.2) is 24.3 Å². The van der Waals surface area contributed by atoms with Crippen molar-refractivity contribution in [3.05, 3.63) is 35.4 Å². The molecular formula is C18H26O2. The number of benzene rings is 1. The Morgan fingerprint density at radius 2 is 1.80 bits per heavy atom. The van der Waals surface area contributed by atoms with Gasteiger partial charge in [-0.15, -0.1) is 0 Å². The minimum Gasteiger partial charge on any atom is -0.459 e. The van der Waals surface area contributed by atoms with Crippen molar-refractivity contribution in [3.63, 3.8) is 0 Å². The van der Waals surface area contributed by atoms with E-state index in [1.165, 1.54) is 44.1 Å². The molecule has 0 amide bonds. The molecule has 1 aromatic rings. The number of ether oxygens (including phenoxy) is 1. The molecule has 0 atom stereocenters. The highest BCUT2D eigenvalue weighted by atomic mass is 16.5. The molecule has 2 heteroatoms. The fourth-order valence-electron chi connectivity index (χ4n) is 2.79. The summed E-state index contributed by atoms with van der Waals surface area (Å²) in [6.45, 7) is 2.21. The molecule has 1 saturated carbocycles. The molecule has 1 fully saturated rings. The van der Waals surface area contributed by atoms with Gasteiger partial charge in [0.1, 0.15) is 6.10 Å². The maximum atomic E-state index is 12.1. The summed E-state index contributed by atoms with van der Waals surface area (Å²) < 4.78 is 5.58. The number of rotatable bonds is 6. The van der Waals surface area contributed by atoms with Gasteiger partial charge in [0.25, 0.3) is 0 Å². The van der Waals surface area contributed by atoms with Crippen molar-refractivity contribution in [3.8, 4) is 0 Å². The van der Waals surface area contributed by atoms with E-state index < -0.39 is 0 Å². The average molecular weight is 274 g/mol. The van der Waals surface area contributed by atoms with Crippen molar-refractivity contribution in [1.29, 1.82) is 0 Å². The van der Waals surface area contributed by atoms with Crippen LogP contribution in [-0.2, 0) is 11.2 Å². The van der Waals surface area contributed by atoms with Gasteiger partial charge < -0.3 is 4.74 Å². The zero-order valence-corrected chi connectivity index (χ0v) is 12.6. The second kappa shape index (κ2) is 8.08. The first-order valence-corrected chi connectivity index (χ1v) is 8.09. The largest absolute Gasteiger partial charge is 0.459 e. The molecule has 0 spiro atoms. The van der Waals surface area contributed by atoms with Crippen LogP contribution >= 0.6 is 0 Å². The lowest BCUT2D eigenvalue weighted by Crippen LogP contribution is -2.20. The number of esters is 1. The molecule has 0 aromatic heterocycles. The summed E-state index contributed by atoms with van der Waals surface area (Å²) in [5.74, 6) is -0.156. The summed E-state index contributed by atoms with van der Waals surface area (Å²) in [5, 5.41) is 0. The van der Waals surface area contributed by atoms with E-state index in [0.29, 0.717) is 5.56 Å². The van der Waals surface area contributed by atoms with Crippen LogP contribution in [0.5, 0.6) is 0 Å². The van der Waals surface area contributed by atoms with Gasteiger partial charge in [-0.3, -0.25) is 0 Å². The molecule has 1 aromatic carbocycles. The Hall–Kier alpha value is -1.31. The molecule has 0 heterocycles. The zero-order chi connectivity index (χ0) is 14.2. The van der Waals surface area contributed by atoms with Gasteiger partial charge in [-0.05, 0) is 56.2 Å². The lowest BCUT2D eigenvalue weighted by molar-refractivity contribution is 0.0211. The second-order valence-electron chi connectivity index (χ2n) is 5.82. The number of aryl methyl sites for hydroxylation is 1. The Labute approximate surface area is 122 Å². The van der Waals surface area contributed by atoms with Crippen molar-refractivity contribution in [2.75, 3.05) is 0 Å². The topological polar surface area (TPSA) is 26.3 Å². The molecule has 2 rings (SSSR count). The van der Waals surface area contributed by atoms with E-state index in [-0.39, 0.29) is 12.1 Å². The molecule has 2 nitrogen and oxygen atoms in total. The Kier molecular flexibility index (Phi) is 6.10. The lowest BCUT2D eigenvalue weighted by atomic mass is 9.98. The van der Waals surface area contributed by atoms with E-state index in [0.717, 1.165) is 19.3 Å². The zero-order valence-electron chi connectivity index (χ0n) is 12.6. The highest BCUT2D eigenvalue weighted by Gasteiger charge is 2.18. The van der Waals surface area contributed by atoms with Gasteiger partial charge in [0.2, 0.25) is 0 Å². The van der Waals surface area contributed by atoms with Crippen LogP contribution in [0, 0.1) is 0 Å². The van der Waals surface area contributed by atoms with Crippen LogP contribution in [0.1, 0.15) is 74.2 Å². The van der Waals surface area contributed by atoms with Crippen LogP contribution in [0.3, 0.4) is 0 Å². The first-order chi connectivity index (χ1) is 9.79. The number of carbonyl (C=O) groups is 1. The normalized spacial score (nSPS) is 16.1. The van der Waals surface area contributed by atoms with Crippen molar-refractivity contribution >= 4 is 5.97 Å². The Balaban J connectivity index is 1.83. The summed E-state index contributed by atoms with van der Waals surface area (Å²) >= 11 is 0. The maximum absolute atomic E-state index is 12.1. The average Bonchev–Trinajstić information content (AvgIpc) is 2.49. The summed E-state index contributed by atoms with van der Waals surface area (Å²) in [6.07, 6.45) is 10.7. The van der Waals surface area contributed by atoms with Crippen LogP contribution in [0.2, 0.25) is 0 Å². The molecule has 0 N–H and O–H groups in total. The van der Waals surface area contributed by atoms with Crippen LogP contribution < -0.4 is 0 Å². The van der Waals surface area contributed by atoms with Gasteiger partial charge in [0.05, 0.1) is 5.56 Å². The van der Waals surface area contributed by atoms with Gasteiger partial charge in [0, 0.05) is 0 Å². The molecule has 0 radical (unpaired) electrons. The fourth-order valence-corrected chi connectivity index (χ4v) is 2.79. The van der Waals surface area contributed by atoms with E-state index in [4.69, 9.17) is 4.74 Å². The highest BCUT2D eigenvalue weighted by molar-refractivity contribution is 5.89. The van der Waals surface area contributed by atoms with E-state index in [9.17, 15) is 4.79 Å². The molecule has 0 saturated heterocycles. The first-order valence-electron chi connectivity index (χ1n) is 8.09. The number of unbranched alkanes of at least 4 members (excludes halogenated alkanes) is 2. The summed E-state index contributed by atoms with van der Waals surface area (Å²) in [7, 11) is 0. The summed E-state index contributed by atoms with van der Waals surface area (Å²) in [6, 6.07) is 7.94. The number of carbonyl (C=O) groups excluding carboxylic acids is 1. The van der Waals surface area contributed by atoms with E-state index in [1.807, 2.05) is 12.1 Å². The second-order valence-corrected chi connectivity index (χ2v) is 5.82. The molecule has 0 unspecified atom stereocenters. The van der Waals surface area contributed by atoms with E-state index in [2.05, 4.69) is 19.1 Å². The third-order valence-corrected chi connectivity index (χ3v) is 4.08. The van der Waals surface area contributed by atoms with Crippen molar-refractivity contribution in [1.82, 2.24) is 0 Å². The standard InChI is InChI=1S/C18H26O2/c1-2-3-5-8-15-11-13-16(14-12-15)18(19)20-17-9-6-4-7-10-17/h11-14,17H,2-10H2,1H3. The third kappa shape index (κ3) is 4.66. The lowest BCUT2D eigenvalue weighted by Gasteiger charge is -2.21. The van der Waals surface area contributed by atoms with Crippen LogP contribution in [-0.4, -0.2) is 12.1 Å². The van der Waals surface area contributed by atoms with Crippen molar-refractivity contribution < 1.29 is 9.53 Å². The van der Waals surface area contributed by atoms with E-state index >= 15 is 0 Å². The molecular weight excluding hydrogens is 248 g/mol. The molecule has 110 valence electrons. The van der Waals surface area contributed by atoms with Crippen LogP contribution in [0.25, 0.3) is 0 Å². The van der Waals surface area contributed by atoms with E-state index in [1.54, 1.807) is 0 Å². The van der Waals surface area contributed by atoms with Crippen molar-refractivity contribution in [2.24, 2.45) is 0 Å². The van der Waals surface area contributed by atoms with Gasteiger partial charge in [0.15, 0.2) is 0 Å². The Morgan fingerprint density at radius 3 is 2.45 bits per heavy atom. The molecule has 1 aliphatic rings. The first kappa shape index (κ1) is 15.1. The molecule has 0 bridgehead atoms. The quantitative estimate of drug-likeness (QED) is 0.544. The predicted molar refractivity (Wildman–Crippen MR) is 82.0 cm³/mol. The minimum absolute atomic E-state index is 0.139. The van der Waals surface area contributed by atoms with Crippen LogP contribution in [0.4, 0.5) is 0 Å². The highest BCUT2D eigenvalue weighted by Crippen LogP contribution is 2.21. The monoisotopic (exact) mass is 274 g/mol. The third-order valence-electron chi connectivity index (χ3n) is 4.08. The number of hydrogen-bond acceptors (Lipinski definition) is 2. The molecule has 20 heavy (non-hydrogen) atoms.